The lowest BCUT2D eigenvalue weighted by atomic mass is 10.1. The van der Waals surface area contributed by atoms with Gasteiger partial charge >= 0.3 is 0 Å². The van der Waals surface area contributed by atoms with Crippen LogP contribution in [0.5, 0.6) is 0 Å². The highest BCUT2D eigenvalue weighted by Crippen LogP contribution is 2.13. The number of hydrogen-bond acceptors (Lipinski definition) is 1. The molecule has 0 aliphatic carbocycles. The second-order valence-corrected chi connectivity index (χ2v) is 4.63. The van der Waals surface area contributed by atoms with E-state index in [-0.39, 0.29) is 12.1 Å². The number of rotatable bonds is 5. The second-order valence-electron chi connectivity index (χ2n) is 4.63. The van der Waals surface area contributed by atoms with Crippen molar-refractivity contribution < 1.29 is 13.2 Å². The summed E-state index contributed by atoms with van der Waals surface area (Å²) in [5, 5.41) is 3.01. The molecule has 0 aromatic heterocycles. The molecular weight excluding hydrogens is 263 g/mol. The van der Waals surface area contributed by atoms with Crippen LogP contribution < -0.4 is 5.32 Å². The highest BCUT2D eigenvalue weighted by Gasteiger charge is 2.09. The van der Waals surface area contributed by atoms with E-state index >= 15 is 0 Å². The molecule has 106 valence electrons. The van der Waals surface area contributed by atoms with Gasteiger partial charge in [-0.15, -0.1) is 0 Å². The molecule has 0 fully saturated rings. The first-order chi connectivity index (χ1) is 9.60. The van der Waals surface area contributed by atoms with E-state index in [1.54, 1.807) is 0 Å². The number of hydrogen-bond donors (Lipinski definition) is 1. The van der Waals surface area contributed by atoms with Crippen LogP contribution in [-0.2, 0) is 19.5 Å². The zero-order valence-electron chi connectivity index (χ0n) is 11.2. The highest BCUT2D eigenvalue weighted by molar-refractivity contribution is 5.23. The van der Waals surface area contributed by atoms with E-state index in [2.05, 4.69) is 12.2 Å². The van der Waals surface area contributed by atoms with Gasteiger partial charge in [-0.05, 0) is 23.6 Å². The summed E-state index contributed by atoms with van der Waals surface area (Å²) >= 11 is 0. The van der Waals surface area contributed by atoms with Gasteiger partial charge in [0.1, 0.15) is 5.82 Å². The van der Waals surface area contributed by atoms with Crippen molar-refractivity contribution in [3.8, 4) is 0 Å². The Labute approximate surface area is 116 Å². The van der Waals surface area contributed by atoms with Crippen molar-refractivity contribution in [1.82, 2.24) is 5.32 Å². The maximum absolute atomic E-state index is 13.4. The van der Waals surface area contributed by atoms with E-state index < -0.39 is 17.5 Å². The summed E-state index contributed by atoms with van der Waals surface area (Å²) in [5.74, 6) is -2.94. The van der Waals surface area contributed by atoms with Crippen molar-refractivity contribution in [3.63, 3.8) is 0 Å². The first-order valence-electron chi connectivity index (χ1n) is 6.52. The number of halogens is 3. The van der Waals surface area contributed by atoms with Gasteiger partial charge in [0.25, 0.3) is 0 Å². The molecule has 2 aromatic carbocycles. The van der Waals surface area contributed by atoms with Gasteiger partial charge in [-0.1, -0.05) is 31.2 Å². The van der Waals surface area contributed by atoms with Gasteiger partial charge in [-0.3, -0.25) is 0 Å². The van der Waals surface area contributed by atoms with Gasteiger partial charge in [0.05, 0.1) is 0 Å². The van der Waals surface area contributed by atoms with E-state index in [0.29, 0.717) is 12.6 Å². The average molecular weight is 279 g/mol. The number of aryl methyl sites for hydroxylation is 1. The first kappa shape index (κ1) is 14.6. The smallest absolute Gasteiger partial charge is 0.161 e. The third-order valence-corrected chi connectivity index (χ3v) is 3.17. The van der Waals surface area contributed by atoms with E-state index in [4.69, 9.17) is 0 Å². The molecule has 0 aliphatic rings. The van der Waals surface area contributed by atoms with Crippen molar-refractivity contribution in [2.75, 3.05) is 0 Å². The monoisotopic (exact) mass is 279 g/mol. The lowest BCUT2D eigenvalue weighted by Gasteiger charge is -2.07. The Balaban J connectivity index is 1.94. The zero-order chi connectivity index (χ0) is 14.5. The number of benzene rings is 2. The van der Waals surface area contributed by atoms with Crippen LogP contribution in [0.1, 0.15) is 23.6 Å². The molecule has 0 amide bonds. The lowest BCUT2D eigenvalue weighted by Crippen LogP contribution is -2.14. The molecule has 0 atom stereocenters. The van der Waals surface area contributed by atoms with Gasteiger partial charge in [0.2, 0.25) is 0 Å². The Morgan fingerprint density at radius 3 is 2.05 bits per heavy atom. The Morgan fingerprint density at radius 1 is 0.800 bits per heavy atom. The Bertz CT molecular complexity index is 579. The summed E-state index contributed by atoms with van der Waals surface area (Å²) in [6.45, 7) is 2.78. The van der Waals surface area contributed by atoms with Crippen molar-refractivity contribution >= 4 is 0 Å². The molecule has 0 spiro atoms. The van der Waals surface area contributed by atoms with E-state index in [1.165, 1.54) is 5.56 Å². The van der Waals surface area contributed by atoms with Crippen molar-refractivity contribution in [2.24, 2.45) is 0 Å². The van der Waals surface area contributed by atoms with Crippen LogP contribution in [0.15, 0.2) is 36.4 Å². The van der Waals surface area contributed by atoms with Crippen molar-refractivity contribution in [3.05, 3.63) is 70.5 Å². The Kier molecular flexibility index (Phi) is 4.79. The van der Waals surface area contributed by atoms with Crippen LogP contribution in [-0.4, -0.2) is 0 Å². The van der Waals surface area contributed by atoms with Crippen molar-refractivity contribution in [1.29, 1.82) is 0 Å². The van der Waals surface area contributed by atoms with E-state index in [0.717, 1.165) is 18.1 Å². The summed E-state index contributed by atoms with van der Waals surface area (Å²) < 4.78 is 39.2. The molecule has 2 aromatic rings. The lowest BCUT2D eigenvalue weighted by molar-refractivity contribution is 0.487. The normalized spacial score (nSPS) is 10.8. The highest BCUT2D eigenvalue weighted by atomic mass is 19.2. The third kappa shape index (κ3) is 3.61. The predicted molar refractivity (Wildman–Crippen MR) is 72.7 cm³/mol. The fourth-order valence-electron chi connectivity index (χ4n) is 1.93. The first-order valence-corrected chi connectivity index (χ1v) is 6.52. The summed E-state index contributed by atoms with van der Waals surface area (Å²) in [5.41, 5.74) is 2.43. The van der Waals surface area contributed by atoms with Crippen LogP contribution in [0, 0.1) is 17.5 Å². The molecule has 1 N–H and O–H groups in total. The molecular formula is C16H16F3N. The fourth-order valence-corrected chi connectivity index (χ4v) is 1.93. The van der Waals surface area contributed by atoms with Crippen LogP contribution in [0.25, 0.3) is 0 Å². The largest absolute Gasteiger partial charge is 0.309 e. The van der Waals surface area contributed by atoms with Crippen LogP contribution >= 0.6 is 0 Å². The van der Waals surface area contributed by atoms with Gasteiger partial charge in [-0.25, -0.2) is 13.2 Å². The summed E-state index contributed by atoms with van der Waals surface area (Å²) in [7, 11) is 0. The molecule has 2 rings (SSSR count). The summed E-state index contributed by atoms with van der Waals surface area (Å²) in [6.07, 6.45) is 0.980. The fraction of sp³-hybridized carbons (Fsp3) is 0.250. The molecule has 1 nitrogen and oxygen atoms in total. The van der Waals surface area contributed by atoms with Crippen molar-refractivity contribution in [2.45, 2.75) is 26.4 Å². The minimum absolute atomic E-state index is 0.120. The molecule has 0 unspecified atom stereocenters. The molecule has 0 radical (unpaired) electrons. The summed E-state index contributed by atoms with van der Waals surface area (Å²) in [6, 6.07) is 9.52. The topological polar surface area (TPSA) is 12.0 Å². The molecule has 0 saturated heterocycles. The average Bonchev–Trinajstić information content (AvgIpc) is 2.45. The molecule has 0 bridgehead atoms. The second kappa shape index (κ2) is 6.57. The zero-order valence-corrected chi connectivity index (χ0v) is 11.2. The minimum Gasteiger partial charge on any atom is -0.309 e. The predicted octanol–water partition coefficient (Wildman–Crippen LogP) is 3.96. The standard InChI is InChI=1S/C16H16F3N/c1-2-11-3-5-12(6-4-11)9-20-10-13-7-15(18)16(19)8-14(13)17/h3-8,20H,2,9-10H2,1H3. The maximum Gasteiger partial charge on any atom is 0.161 e. The van der Waals surface area contributed by atoms with Crippen LogP contribution in [0.4, 0.5) is 13.2 Å². The van der Waals surface area contributed by atoms with E-state index in [9.17, 15) is 13.2 Å². The molecule has 0 heterocycles. The molecule has 0 aliphatic heterocycles. The molecule has 4 heteroatoms. The van der Waals surface area contributed by atoms with Gasteiger partial charge in [-0.2, -0.15) is 0 Å². The SMILES string of the molecule is CCc1ccc(CNCc2cc(F)c(F)cc2F)cc1. The van der Waals surface area contributed by atoms with Crippen LogP contribution in [0.3, 0.4) is 0 Å². The third-order valence-electron chi connectivity index (χ3n) is 3.17. The van der Waals surface area contributed by atoms with Gasteiger partial charge < -0.3 is 5.32 Å². The summed E-state index contributed by atoms with van der Waals surface area (Å²) in [4.78, 5) is 0. The minimum atomic E-state index is -1.17. The quantitative estimate of drug-likeness (QED) is 0.817. The van der Waals surface area contributed by atoms with E-state index in [1.807, 2.05) is 24.3 Å². The van der Waals surface area contributed by atoms with Crippen LogP contribution in [0.2, 0.25) is 0 Å². The van der Waals surface area contributed by atoms with Gasteiger partial charge in [0, 0.05) is 24.7 Å². The maximum atomic E-state index is 13.4. The van der Waals surface area contributed by atoms with Gasteiger partial charge in [0.15, 0.2) is 11.6 Å². The Hall–Kier alpha value is -1.81. The molecule has 0 saturated carbocycles. The number of nitrogens with one attached hydrogen (secondary N) is 1. The Morgan fingerprint density at radius 2 is 1.40 bits per heavy atom. The molecule has 20 heavy (non-hydrogen) atoms.